The van der Waals surface area contributed by atoms with Crippen LogP contribution in [0, 0.1) is 0 Å². The fourth-order valence-corrected chi connectivity index (χ4v) is 8.65. The Hall–Kier alpha value is -6.69. The Balaban J connectivity index is 1.14. The molecule has 0 N–H and O–H groups in total. The lowest BCUT2D eigenvalue weighted by atomic mass is 9.95. The third-order valence-electron chi connectivity index (χ3n) is 10.1. The van der Waals surface area contributed by atoms with Crippen LogP contribution in [0.25, 0.3) is 109 Å². The van der Waals surface area contributed by atoms with Gasteiger partial charge in [0.15, 0.2) is 17.5 Å². The molecule has 0 saturated carbocycles. The molecule has 242 valence electrons. The molecule has 0 aliphatic carbocycles. The quantitative estimate of drug-likeness (QED) is 0.185. The van der Waals surface area contributed by atoms with Crippen molar-refractivity contribution in [1.29, 1.82) is 0 Å². The summed E-state index contributed by atoms with van der Waals surface area (Å²) in [6.45, 7) is 0. The van der Waals surface area contributed by atoms with Gasteiger partial charge in [-0.1, -0.05) is 109 Å². The first-order chi connectivity index (χ1) is 25.7. The molecule has 0 radical (unpaired) electrons. The maximum absolute atomic E-state index is 6.68. The van der Waals surface area contributed by atoms with E-state index in [4.69, 9.17) is 19.4 Å². The van der Waals surface area contributed by atoms with E-state index < -0.39 is 0 Å². The van der Waals surface area contributed by atoms with Crippen LogP contribution in [-0.2, 0) is 0 Å². The second kappa shape index (κ2) is 11.4. The molecule has 3 aromatic heterocycles. The summed E-state index contributed by atoms with van der Waals surface area (Å²) in [4.78, 5) is 15.4. The van der Waals surface area contributed by atoms with E-state index in [2.05, 4.69) is 152 Å². The summed E-state index contributed by atoms with van der Waals surface area (Å²) in [5.41, 5.74) is 6.73. The van der Waals surface area contributed by atoms with Crippen molar-refractivity contribution in [3.05, 3.63) is 164 Å². The number of benzene rings is 8. The van der Waals surface area contributed by atoms with Gasteiger partial charge in [-0.25, -0.2) is 15.0 Å². The number of thiophene rings is 1. The van der Waals surface area contributed by atoms with Crippen LogP contribution in [0.2, 0.25) is 0 Å². The van der Waals surface area contributed by atoms with Crippen LogP contribution in [0.5, 0.6) is 0 Å². The average Bonchev–Trinajstić information content (AvgIpc) is 3.77. The van der Waals surface area contributed by atoms with Crippen molar-refractivity contribution in [2.75, 3.05) is 0 Å². The second-order valence-corrected chi connectivity index (χ2v) is 14.3. The predicted octanol–water partition coefficient (Wildman–Crippen LogP) is 13.1. The Morgan fingerprint density at radius 2 is 0.962 bits per heavy atom. The lowest BCUT2D eigenvalue weighted by molar-refractivity contribution is 0.670. The fraction of sp³-hybridized carbons (Fsp3) is 0. The Morgan fingerprint density at radius 3 is 1.77 bits per heavy atom. The van der Waals surface area contributed by atoms with Gasteiger partial charge in [0.05, 0.1) is 0 Å². The molecule has 0 spiro atoms. The number of hydrogen-bond donors (Lipinski definition) is 0. The SMILES string of the molecule is c1ccc(-c2c3ccccc3cc3c2oc2ccc(-c4nc(-c5ccc6ccccc6c5)nc(-c5ccc6sc7ccccc7c6c5)n4)cc23)cc1. The van der Waals surface area contributed by atoms with Gasteiger partial charge in [0.2, 0.25) is 0 Å². The molecular formula is C47H27N3OS. The van der Waals surface area contributed by atoms with Crippen LogP contribution in [0.1, 0.15) is 0 Å². The van der Waals surface area contributed by atoms with Crippen LogP contribution in [0.15, 0.2) is 168 Å². The lowest BCUT2D eigenvalue weighted by Crippen LogP contribution is -2.00. The van der Waals surface area contributed by atoms with Gasteiger partial charge in [0.1, 0.15) is 11.2 Å². The Morgan fingerprint density at radius 1 is 0.365 bits per heavy atom. The summed E-state index contributed by atoms with van der Waals surface area (Å²) < 4.78 is 9.19. The van der Waals surface area contributed by atoms with E-state index in [-0.39, 0.29) is 0 Å². The van der Waals surface area contributed by atoms with E-state index in [0.29, 0.717) is 17.5 Å². The van der Waals surface area contributed by atoms with Crippen LogP contribution in [0.4, 0.5) is 0 Å². The molecule has 0 atom stereocenters. The monoisotopic (exact) mass is 681 g/mol. The van der Waals surface area contributed by atoms with Crippen molar-refractivity contribution in [2.24, 2.45) is 0 Å². The van der Waals surface area contributed by atoms with Gasteiger partial charge in [-0.3, -0.25) is 0 Å². The minimum Gasteiger partial charge on any atom is -0.455 e. The minimum absolute atomic E-state index is 0.615. The molecule has 0 unspecified atom stereocenters. The van der Waals surface area contributed by atoms with E-state index >= 15 is 0 Å². The van der Waals surface area contributed by atoms with E-state index in [1.54, 1.807) is 0 Å². The van der Waals surface area contributed by atoms with E-state index in [0.717, 1.165) is 60.5 Å². The highest BCUT2D eigenvalue weighted by atomic mass is 32.1. The normalized spacial score (nSPS) is 11.8. The number of furan rings is 1. The Labute approximate surface area is 302 Å². The molecule has 0 aliphatic heterocycles. The van der Waals surface area contributed by atoms with Gasteiger partial charge in [-0.05, 0) is 81.7 Å². The summed E-state index contributed by atoms with van der Waals surface area (Å²) in [6, 6.07) is 57.4. The zero-order chi connectivity index (χ0) is 34.2. The number of nitrogens with zero attached hydrogens (tertiary/aromatic N) is 3. The maximum atomic E-state index is 6.68. The van der Waals surface area contributed by atoms with Crippen molar-refractivity contribution >= 4 is 75.0 Å². The van der Waals surface area contributed by atoms with Crippen LogP contribution in [0.3, 0.4) is 0 Å². The summed E-state index contributed by atoms with van der Waals surface area (Å²) in [7, 11) is 0. The molecule has 11 rings (SSSR count). The second-order valence-electron chi connectivity index (χ2n) is 13.2. The molecule has 5 heteroatoms. The molecule has 4 nitrogen and oxygen atoms in total. The number of aromatic nitrogens is 3. The number of hydrogen-bond acceptors (Lipinski definition) is 5. The van der Waals surface area contributed by atoms with Crippen molar-refractivity contribution < 1.29 is 4.42 Å². The van der Waals surface area contributed by atoms with Gasteiger partial charge in [-0.2, -0.15) is 0 Å². The minimum atomic E-state index is 0.615. The number of fused-ring (bicyclic) bond motifs is 8. The summed E-state index contributed by atoms with van der Waals surface area (Å²) in [5.74, 6) is 1.89. The molecule has 0 saturated heterocycles. The molecule has 0 aliphatic rings. The van der Waals surface area contributed by atoms with E-state index in [1.807, 2.05) is 23.5 Å². The largest absolute Gasteiger partial charge is 0.455 e. The van der Waals surface area contributed by atoms with Gasteiger partial charge >= 0.3 is 0 Å². The van der Waals surface area contributed by atoms with E-state index in [1.165, 1.54) is 30.9 Å². The topological polar surface area (TPSA) is 51.8 Å². The highest BCUT2D eigenvalue weighted by Gasteiger charge is 2.19. The third kappa shape index (κ3) is 4.64. The van der Waals surface area contributed by atoms with Crippen LogP contribution in [-0.4, -0.2) is 15.0 Å². The van der Waals surface area contributed by atoms with E-state index in [9.17, 15) is 0 Å². The summed E-state index contributed by atoms with van der Waals surface area (Å²) >= 11 is 1.81. The Bertz CT molecular complexity index is 3200. The maximum Gasteiger partial charge on any atom is 0.164 e. The van der Waals surface area contributed by atoms with Crippen molar-refractivity contribution in [2.45, 2.75) is 0 Å². The van der Waals surface area contributed by atoms with Crippen molar-refractivity contribution in [3.8, 4) is 45.3 Å². The van der Waals surface area contributed by atoms with Crippen LogP contribution < -0.4 is 0 Å². The molecule has 8 aromatic carbocycles. The first-order valence-corrected chi connectivity index (χ1v) is 18.2. The lowest BCUT2D eigenvalue weighted by Gasteiger charge is -2.10. The molecule has 3 heterocycles. The van der Waals surface area contributed by atoms with Gasteiger partial charge in [0, 0.05) is 53.2 Å². The third-order valence-corrected chi connectivity index (χ3v) is 11.2. The van der Waals surface area contributed by atoms with Gasteiger partial charge < -0.3 is 4.42 Å². The number of rotatable bonds is 4. The average molecular weight is 682 g/mol. The molecule has 0 fully saturated rings. The summed E-state index contributed by atoms with van der Waals surface area (Å²) in [5, 5.41) is 9.19. The summed E-state index contributed by atoms with van der Waals surface area (Å²) in [6.07, 6.45) is 0. The zero-order valence-corrected chi connectivity index (χ0v) is 28.6. The molecule has 0 bridgehead atoms. The van der Waals surface area contributed by atoms with Crippen molar-refractivity contribution in [1.82, 2.24) is 15.0 Å². The molecular weight excluding hydrogens is 655 g/mol. The fourth-order valence-electron chi connectivity index (χ4n) is 7.56. The molecule has 0 amide bonds. The smallest absolute Gasteiger partial charge is 0.164 e. The van der Waals surface area contributed by atoms with Crippen LogP contribution >= 0.6 is 11.3 Å². The van der Waals surface area contributed by atoms with Gasteiger partial charge in [0.25, 0.3) is 0 Å². The van der Waals surface area contributed by atoms with Crippen molar-refractivity contribution in [3.63, 3.8) is 0 Å². The first-order valence-electron chi connectivity index (χ1n) is 17.3. The zero-order valence-electron chi connectivity index (χ0n) is 27.7. The molecule has 52 heavy (non-hydrogen) atoms. The standard InChI is InChI=1S/C47H27N3OS/c1-2-11-29(12-3-1)43-35-15-7-6-14-31(35)25-39-37-26-33(20-22-40(37)51-44(39)43)46-48-45(32-19-18-28-10-4-5-13-30(28)24-32)49-47(50-46)34-21-23-42-38(27-34)36-16-8-9-17-41(36)52-42/h1-27H. The highest BCUT2D eigenvalue weighted by Crippen LogP contribution is 2.42. The molecule has 11 aromatic rings. The first kappa shape index (κ1) is 29.1. The predicted molar refractivity (Wildman–Crippen MR) is 217 cm³/mol. The Kier molecular flexibility index (Phi) is 6.39. The van der Waals surface area contributed by atoms with Gasteiger partial charge in [-0.15, -0.1) is 11.3 Å². The highest BCUT2D eigenvalue weighted by molar-refractivity contribution is 7.25.